The SMILES string of the molecule is CCCCCC(C)(C)CNC(=NC)NCC(c1cnn(C)c1)N(C)C.I. The van der Waals surface area contributed by atoms with Crippen molar-refractivity contribution in [2.45, 2.75) is 52.5 Å². The van der Waals surface area contributed by atoms with E-state index in [1.54, 1.807) is 0 Å². The molecule has 0 aromatic carbocycles. The summed E-state index contributed by atoms with van der Waals surface area (Å²) in [5, 5.41) is 11.2. The summed E-state index contributed by atoms with van der Waals surface area (Å²) in [6.07, 6.45) is 9.11. The van der Waals surface area contributed by atoms with Gasteiger partial charge >= 0.3 is 0 Å². The Morgan fingerprint density at radius 2 is 2.00 bits per heavy atom. The first-order valence-electron chi connectivity index (χ1n) is 9.38. The van der Waals surface area contributed by atoms with Crippen molar-refractivity contribution in [3.63, 3.8) is 0 Å². The molecule has 152 valence electrons. The van der Waals surface area contributed by atoms with Crippen molar-refractivity contribution in [3.8, 4) is 0 Å². The number of aromatic nitrogens is 2. The predicted molar refractivity (Wildman–Crippen MR) is 122 cm³/mol. The molecule has 0 aliphatic carbocycles. The quantitative estimate of drug-likeness (QED) is 0.234. The van der Waals surface area contributed by atoms with E-state index in [1.165, 1.54) is 31.2 Å². The van der Waals surface area contributed by atoms with Gasteiger partial charge in [-0.25, -0.2) is 0 Å². The van der Waals surface area contributed by atoms with Crippen LogP contribution in [0.2, 0.25) is 0 Å². The monoisotopic (exact) mass is 478 g/mol. The van der Waals surface area contributed by atoms with Gasteiger partial charge in [-0.1, -0.05) is 40.0 Å². The number of nitrogens with zero attached hydrogens (tertiary/aromatic N) is 4. The second kappa shape index (κ2) is 12.5. The number of unbranched alkanes of at least 4 members (excludes halogenated alkanes) is 2. The number of hydrogen-bond acceptors (Lipinski definition) is 3. The summed E-state index contributed by atoms with van der Waals surface area (Å²) < 4.78 is 1.84. The lowest BCUT2D eigenvalue weighted by Crippen LogP contribution is -2.44. The van der Waals surface area contributed by atoms with E-state index in [0.717, 1.165) is 19.0 Å². The van der Waals surface area contributed by atoms with Gasteiger partial charge < -0.3 is 15.5 Å². The van der Waals surface area contributed by atoms with Crippen LogP contribution in [0.5, 0.6) is 0 Å². The van der Waals surface area contributed by atoms with Gasteiger partial charge in [0.25, 0.3) is 0 Å². The molecule has 0 amide bonds. The van der Waals surface area contributed by atoms with Gasteiger partial charge in [-0.2, -0.15) is 5.10 Å². The smallest absolute Gasteiger partial charge is 0.191 e. The number of aryl methyl sites for hydroxylation is 1. The molecule has 1 aromatic rings. The summed E-state index contributed by atoms with van der Waals surface area (Å²) in [6, 6.07) is 0.254. The number of likely N-dealkylation sites (N-methyl/N-ethyl adjacent to an activating group) is 1. The minimum absolute atomic E-state index is 0. The molecule has 6 nitrogen and oxygen atoms in total. The minimum atomic E-state index is 0. The summed E-state index contributed by atoms with van der Waals surface area (Å²) in [5.74, 6) is 0.860. The highest BCUT2D eigenvalue weighted by molar-refractivity contribution is 14.0. The topological polar surface area (TPSA) is 57.5 Å². The summed E-state index contributed by atoms with van der Waals surface area (Å²) >= 11 is 0. The fraction of sp³-hybridized carbons (Fsp3) is 0.789. The molecule has 0 fully saturated rings. The Balaban J connectivity index is 0.00000625. The molecule has 0 bridgehead atoms. The number of nitrogens with one attached hydrogen (secondary N) is 2. The van der Waals surface area contributed by atoms with E-state index in [9.17, 15) is 0 Å². The van der Waals surface area contributed by atoms with Crippen molar-refractivity contribution in [1.82, 2.24) is 25.3 Å². The highest BCUT2D eigenvalue weighted by atomic mass is 127. The molecule has 1 unspecified atom stereocenters. The molecule has 0 saturated carbocycles. The van der Waals surface area contributed by atoms with Crippen LogP contribution in [0.1, 0.15) is 58.1 Å². The third-order valence-electron chi connectivity index (χ3n) is 4.61. The average molecular weight is 478 g/mol. The van der Waals surface area contributed by atoms with E-state index in [1.807, 2.05) is 25.0 Å². The van der Waals surface area contributed by atoms with Gasteiger partial charge in [-0.15, -0.1) is 24.0 Å². The van der Waals surface area contributed by atoms with Crippen molar-refractivity contribution >= 4 is 29.9 Å². The average Bonchev–Trinajstić information content (AvgIpc) is 2.96. The second-order valence-corrected chi connectivity index (χ2v) is 7.85. The maximum absolute atomic E-state index is 4.37. The zero-order chi connectivity index (χ0) is 18.9. The zero-order valence-corrected chi connectivity index (χ0v) is 20.0. The van der Waals surface area contributed by atoms with Gasteiger partial charge in [-0.3, -0.25) is 9.67 Å². The first-order valence-corrected chi connectivity index (χ1v) is 9.38. The first kappa shape index (κ1) is 25.2. The molecule has 0 spiro atoms. The molecule has 1 rings (SSSR count). The molecule has 2 N–H and O–H groups in total. The molecule has 1 atom stereocenters. The number of rotatable bonds is 10. The van der Waals surface area contributed by atoms with Crippen LogP contribution < -0.4 is 10.6 Å². The molecule has 26 heavy (non-hydrogen) atoms. The lowest BCUT2D eigenvalue weighted by atomic mass is 9.87. The summed E-state index contributed by atoms with van der Waals surface area (Å²) in [6.45, 7) is 8.60. The zero-order valence-electron chi connectivity index (χ0n) is 17.7. The van der Waals surface area contributed by atoms with Crippen molar-refractivity contribution in [2.75, 3.05) is 34.2 Å². The summed E-state index contributed by atoms with van der Waals surface area (Å²) in [4.78, 5) is 6.57. The third kappa shape index (κ3) is 9.21. The largest absolute Gasteiger partial charge is 0.356 e. The van der Waals surface area contributed by atoms with E-state index in [4.69, 9.17) is 0 Å². The van der Waals surface area contributed by atoms with Crippen LogP contribution in [-0.2, 0) is 7.05 Å². The Kier molecular flexibility index (Phi) is 12.1. The Morgan fingerprint density at radius 1 is 1.31 bits per heavy atom. The van der Waals surface area contributed by atoms with E-state index >= 15 is 0 Å². The van der Waals surface area contributed by atoms with Gasteiger partial charge in [0.15, 0.2) is 5.96 Å². The molecule has 0 aliphatic rings. The fourth-order valence-corrected chi connectivity index (χ4v) is 2.89. The van der Waals surface area contributed by atoms with Crippen LogP contribution in [0, 0.1) is 5.41 Å². The minimum Gasteiger partial charge on any atom is -0.356 e. The third-order valence-corrected chi connectivity index (χ3v) is 4.61. The Labute approximate surface area is 177 Å². The number of halogens is 1. The first-order chi connectivity index (χ1) is 11.8. The van der Waals surface area contributed by atoms with Crippen LogP contribution in [0.15, 0.2) is 17.4 Å². The molecular weight excluding hydrogens is 439 g/mol. The molecule has 1 aromatic heterocycles. The van der Waals surface area contributed by atoms with E-state index in [2.05, 4.69) is 66.7 Å². The van der Waals surface area contributed by atoms with Crippen LogP contribution in [0.25, 0.3) is 0 Å². The second-order valence-electron chi connectivity index (χ2n) is 7.85. The van der Waals surface area contributed by atoms with Gasteiger partial charge in [0.05, 0.1) is 12.2 Å². The van der Waals surface area contributed by atoms with Gasteiger partial charge in [0.2, 0.25) is 0 Å². The molecule has 0 aliphatic heterocycles. The Bertz CT molecular complexity index is 524. The molecular formula is C19H39IN6. The number of guanidine groups is 1. The van der Waals surface area contributed by atoms with Crippen molar-refractivity contribution in [2.24, 2.45) is 17.5 Å². The van der Waals surface area contributed by atoms with Crippen molar-refractivity contribution < 1.29 is 0 Å². The van der Waals surface area contributed by atoms with Crippen LogP contribution >= 0.6 is 24.0 Å². The van der Waals surface area contributed by atoms with Crippen LogP contribution in [0.4, 0.5) is 0 Å². The lowest BCUT2D eigenvalue weighted by Gasteiger charge is -2.28. The van der Waals surface area contributed by atoms with Gasteiger partial charge in [-0.05, 0) is 25.9 Å². The maximum atomic E-state index is 4.37. The number of aliphatic imine (C=N–C) groups is 1. The van der Waals surface area contributed by atoms with Gasteiger partial charge in [0.1, 0.15) is 0 Å². The van der Waals surface area contributed by atoms with Crippen LogP contribution in [-0.4, -0.2) is 54.9 Å². The van der Waals surface area contributed by atoms with E-state index in [0.29, 0.717) is 0 Å². The van der Waals surface area contributed by atoms with Crippen molar-refractivity contribution in [1.29, 1.82) is 0 Å². The van der Waals surface area contributed by atoms with Crippen molar-refractivity contribution in [3.05, 3.63) is 18.0 Å². The molecule has 7 heteroatoms. The van der Waals surface area contributed by atoms with E-state index in [-0.39, 0.29) is 35.4 Å². The fourth-order valence-electron chi connectivity index (χ4n) is 2.89. The molecule has 0 radical (unpaired) electrons. The van der Waals surface area contributed by atoms with E-state index < -0.39 is 0 Å². The maximum Gasteiger partial charge on any atom is 0.191 e. The highest BCUT2D eigenvalue weighted by Crippen LogP contribution is 2.22. The molecule has 0 saturated heterocycles. The normalized spacial score (nSPS) is 13.5. The Hall–Kier alpha value is -0.830. The summed E-state index contributed by atoms with van der Waals surface area (Å²) in [7, 11) is 7.96. The predicted octanol–water partition coefficient (Wildman–Crippen LogP) is 3.41. The number of hydrogen-bond donors (Lipinski definition) is 2. The lowest BCUT2D eigenvalue weighted by molar-refractivity contribution is 0.295. The standard InChI is InChI=1S/C19H38N6.HI/c1-8-9-10-11-19(2,3)15-22-18(20-4)21-13-17(24(5)6)16-12-23-25(7)14-16;/h12,14,17H,8-11,13,15H2,1-7H3,(H2,20,21,22);1H. The van der Waals surface area contributed by atoms with Gasteiger partial charge in [0, 0.05) is 38.9 Å². The summed E-state index contributed by atoms with van der Waals surface area (Å²) in [5.41, 5.74) is 1.48. The Morgan fingerprint density at radius 3 is 2.50 bits per heavy atom. The highest BCUT2D eigenvalue weighted by Gasteiger charge is 2.19. The van der Waals surface area contributed by atoms with Crippen LogP contribution in [0.3, 0.4) is 0 Å². The molecule has 1 heterocycles.